The first kappa shape index (κ1) is 15.9. The minimum atomic E-state index is -3.53. The summed E-state index contributed by atoms with van der Waals surface area (Å²) in [4.78, 5) is 6.00. The lowest BCUT2D eigenvalue weighted by atomic mass is 10.3. The Hall–Kier alpha value is -1.44. The van der Waals surface area contributed by atoms with Crippen molar-refractivity contribution in [2.45, 2.75) is 4.90 Å². The van der Waals surface area contributed by atoms with Gasteiger partial charge in [-0.15, -0.1) is 0 Å². The average molecular weight is 370 g/mol. The molecule has 2 rings (SSSR count). The zero-order valence-corrected chi connectivity index (χ0v) is 13.9. The minimum Gasteiger partial charge on any atom is -0.373 e. The van der Waals surface area contributed by atoms with Crippen LogP contribution in [0.25, 0.3) is 0 Å². The number of para-hydroxylation sites is 1. The van der Waals surface area contributed by atoms with Gasteiger partial charge in [-0.1, -0.05) is 18.2 Å². The molecule has 1 aromatic heterocycles. The lowest BCUT2D eigenvalue weighted by molar-refractivity contribution is 0.581. The van der Waals surface area contributed by atoms with Crippen molar-refractivity contribution in [2.24, 2.45) is 0 Å². The fraction of sp³-hybridized carbons (Fsp3) is 0.214. The molecule has 1 heterocycles. The topological polar surface area (TPSA) is 62.3 Å². The fourth-order valence-corrected chi connectivity index (χ4v) is 3.31. The quantitative estimate of drug-likeness (QED) is 0.848. The van der Waals surface area contributed by atoms with Crippen molar-refractivity contribution in [1.82, 2.24) is 9.71 Å². The molecular weight excluding hydrogens is 354 g/mol. The number of sulfonamides is 1. The molecule has 0 spiro atoms. The summed E-state index contributed by atoms with van der Waals surface area (Å²) in [5.74, 6) is 0. The summed E-state index contributed by atoms with van der Waals surface area (Å²) in [5, 5.41) is 0. The third kappa shape index (κ3) is 4.52. The minimum absolute atomic E-state index is 0.152. The Labute approximate surface area is 133 Å². The number of hydrogen-bond acceptors (Lipinski definition) is 4. The molecule has 0 unspecified atom stereocenters. The van der Waals surface area contributed by atoms with Gasteiger partial charge in [0.15, 0.2) is 0 Å². The van der Waals surface area contributed by atoms with E-state index in [4.69, 9.17) is 0 Å². The maximum atomic E-state index is 12.1. The number of aromatic nitrogens is 1. The average Bonchev–Trinajstić information content (AvgIpc) is 2.48. The summed E-state index contributed by atoms with van der Waals surface area (Å²) in [5.41, 5.74) is 1.04. The monoisotopic (exact) mass is 369 g/mol. The molecule has 21 heavy (non-hydrogen) atoms. The molecule has 1 N–H and O–H groups in total. The van der Waals surface area contributed by atoms with Gasteiger partial charge in [-0.3, -0.25) is 4.98 Å². The smallest absolute Gasteiger partial charge is 0.242 e. The van der Waals surface area contributed by atoms with Crippen molar-refractivity contribution in [3.63, 3.8) is 0 Å². The number of rotatable bonds is 6. The molecule has 0 bridgehead atoms. The van der Waals surface area contributed by atoms with E-state index in [9.17, 15) is 8.42 Å². The lowest BCUT2D eigenvalue weighted by Gasteiger charge is -2.19. The summed E-state index contributed by atoms with van der Waals surface area (Å²) in [6.45, 7) is 0.894. The summed E-state index contributed by atoms with van der Waals surface area (Å²) < 4.78 is 27.4. The standard InChI is InChI=1S/C14H16BrN3O2S/c1-18(13-5-3-2-4-6-13)8-7-17-21(19,20)14-9-12(15)10-16-11-14/h2-6,9-11,17H,7-8H2,1H3. The lowest BCUT2D eigenvalue weighted by Crippen LogP contribution is -2.33. The van der Waals surface area contributed by atoms with E-state index in [0.29, 0.717) is 17.6 Å². The molecule has 0 saturated carbocycles. The molecule has 2 aromatic rings. The van der Waals surface area contributed by atoms with E-state index in [1.807, 2.05) is 42.3 Å². The second-order valence-electron chi connectivity index (χ2n) is 4.49. The van der Waals surface area contributed by atoms with Crippen LogP contribution in [0.15, 0.2) is 58.2 Å². The second-order valence-corrected chi connectivity index (χ2v) is 7.18. The third-order valence-electron chi connectivity index (χ3n) is 2.93. The second kappa shape index (κ2) is 7.02. The zero-order valence-electron chi connectivity index (χ0n) is 11.5. The molecule has 112 valence electrons. The van der Waals surface area contributed by atoms with Crippen LogP contribution in [0.5, 0.6) is 0 Å². The van der Waals surface area contributed by atoms with E-state index >= 15 is 0 Å². The summed E-state index contributed by atoms with van der Waals surface area (Å²) in [6, 6.07) is 11.3. The van der Waals surface area contributed by atoms with Crippen molar-refractivity contribution >= 4 is 31.6 Å². The Kier molecular flexibility index (Phi) is 5.33. The van der Waals surface area contributed by atoms with Gasteiger partial charge in [0.1, 0.15) is 4.90 Å². The Bertz CT molecular complexity index is 692. The van der Waals surface area contributed by atoms with Crippen molar-refractivity contribution in [2.75, 3.05) is 25.0 Å². The summed E-state index contributed by atoms with van der Waals surface area (Å²) in [6.07, 6.45) is 2.87. The van der Waals surface area contributed by atoms with Crippen molar-refractivity contribution in [1.29, 1.82) is 0 Å². The van der Waals surface area contributed by atoms with Crippen LogP contribution in [0.1, 0.15) is 0 Å². The van der Waals surface area contributed by atoms with Gasteiger partial charge in [0, 0.05) is 42.7 Å². The number of likely N-dealkylation sites (N-methyl/N-ethyl adjacent to an activating group) is 1. The van der Waals surface area contributed by atoms with Gasteiger partial charge in [0.05, 0.1) is 0 Å². The fourth-order valence-electron chi connectivity index (χ4n) is 1.78. The molecule has 1 aromatic carbocycles. The summed E-state index contributed by atoms with van der Waals surface area (Å²) in [7, 11) is -1.61. The summed E-state index contributed by atoms with van der Waals surface area (Å²) >= 11 is 3.21. The number of nitrogens with zero attached hydrogens (tertiary/aromatic N) is 2. The number of benzene rings is 1. The number of halogens is 1. The van der Waals surface area contributed by atoms with E-state index in [1.165, 1.54) is 12.3 Å². The largest absolute Gasteiger partial charge is 0.373 e. The maximum Gasteiger partial charge on any atom is 0.242 e. The molecule has 7 heteroatoms. The molecule has 0 fully saturated rings. The van der Waals surface area contributed by atoms with E-state index in [1.54, 1.807) is 6.20 Å². The Balaban J connectivity index is 1.94. The molecule has 0 aliphatic carbocycles. The SMILES string of the molecule is CN(CCNS(=O)(=O)c1cncc(Br)c1)c1ccccc1. The number of nitrogens with one attached hydrogen (secondary N) is 1. The highest BCUT2D eigenvalue weighted by atomic mass is 79.9. The Morgan fingerprint density at radius 3 is 2.62 bits per heavy atom. The van der Waals surface area contributed by atoms with E-state index in [-0.39, 0.29) is 4.90 Å². The zero-order chi connectivity index (χ0) is 15.3. The van der Waals surface area contributed by atoms with Crippen LogP contribution < -0.4 is 9.62 Å². The van der Waals surface area contributed by atoms with Crippen LogP contribution in [0.4, 0.5) is 5.69 Å². The molecule has 0 saturated heterocycles. The number of hydrogen-bond donors (Lipinski definition) is 1. The van der Waals surface area contributed by atoms with Gasteiger partial charge < -0.3 is 4.90 Å². The molecule has 5 nitrogen and oxygen atoms in total. The third-order valence-corrected chi connectivity index (χ3v) is 4.79. The molecule has 0 amide bonds. The van der Waals surface area contributed by atoms with Gasteiger partial charge in [-0.2, -0.15) is 0 Å². The predicted octanol–water partition coefficient (Wildman–Crippen LogP) is 2.26. The van der Waals surface area contributed by atoms with Crippen LogP contribution in [-0.4, -0.2) is 33.5 Å². The van der Waals surface area contributed by atoms with E-state index in [2.05, 4.69) is 25.6 Å². The first-order valence-corrected chi connectivity index (χ1v) is 8.63. The van der Waals surface area contributed by atoms with Gasteiger partial charge in [0.2, 0.25) is 10.0 Å². The Morgan fingerprint density at radius 1 is 1.24 bits per heavy atom. The van der Waals surface area contributed by atoms with Crippen LogP contribution in [0, 0.1) is 0 Å². The number of anilines is 1. The number of pyridine rings is 1. The van der Waals surface area contributed by atoms with Crippen LogP contribution in [0.3, 0.4) is 0 Å². The van der Waals surface area contributed by atoms with Crippen LogP contribution in [0.2, 0.25) is 0 Å². The first-order chi connectivity index (χ1) is 9.99. The molecule has 0 aliphatic rings. The van der Waals surface area contributed by atoms with Crippen molar-refractivity contribution < 1.29 is 8.42 Å². The van der Waals surface area contributed by atoms with Crippen LogP contribution in [-0.2, 0) is 10.0 Å². The van der Waals surface area contributed by atoms with Crippen molar-refractivity contribution in [3.8, 4) is 0 Å². The molecule has 0 radical (unpaired) electrons. The molecule has 0 atom stereocenters. The molecule has 0 aliphatic heterocycles. The van der Waals surface area contributed by atoms with Crippen LogP contribution >= 0.6 is 15.9 Å². The highest BCUT2D eigenvalue weighted by Gasteiger charge is 2.14. The van der Waals surface area contributed by atoms with E-state index < -0.39 is 10.0 Å². The maximum absolute atomic E-state index is 12.1. The normalized spacial score (nSPS) is 11.3. The van der Waals surface area contributed by atoms with Gasteiger partial charge in [-0.25, -0.2) is 13.1 Å². The Morgan fingerprint density at radius 2 is 1.95 bits per heavy atom. The van der Waals surface area contributed by atoms with Gasteiger partial charge >= 0.3 is 0 Å². The first-order valence-electron chi connectivity index (χ1n) is 6.35. The molecular formula is C14H16BrN3O2S. The van der Waals surface area contributed by atoms with Gasteiger partial charge in [-0.05, 0) is 34.1 Å². The highest BCUT2D eigenvalue weighted by molar-refractivity contribution is 9.10. The van der Waals surface area contributed by atoms with Gasteiger partial charge in [0.25, 0.3) is 0 Å². The highest BCUT2D eigenvalue weighted by Crippen LogP contribution is 2.14. The van der Waals surface area contributed by atoms with E-state index in [0.717, 1.165) is 5.69 Å². The van der Waals surface area contributed by atoms with Crippen molar-refractivity contribution in [3.05, 3.63) is 53.3 Å². The predicted molar refractivity (Wildman–Crippen MR) is 86.8 cm³/mol.